The maximum atomic E-state index is 14.0. The van der Waals surface area contributed by atoms with Crippen molar-refractivity contribution in [2.45, 2.75) is 32.6 Å². The molecule has 1 amide bonds. The van der Waals surface area contributed by atoms with Crippen molar-refractivity contribution < 1.29 is 18.3 Å². The van der Waals surface area contributed by atoms with Crippen LogP contribution >= 0.6 is 11.6 Å². The van der Waals surface area contributed by atoms with Crippen LogP contribution in [0.25, 0.3) is 17.1 Å². The molecule has 1 aromatic carbocycles. The van der Waals surface area contributed by atoms with Gasteiger partial charge < -0.3 is 10.1 Å². The molecule has 0 radical (unpaired) electrons. The van der Waals surface area contributed by atoms with E-state index in [9.17, 15) is 18.4 Å². The van der Waals surface area contributed by atoms with Crippen molar-refractivity contribution >= 4 is 23.2 Å². The van der Waals surface area contributed by atoms with Crippen molar-refractivity contribution in [1.29, 1.82) is 0 Å². The lowest BCUT2D eigenvalue weighted by Gasteiger charge is -2.21. The van der Waals surface area contributed by atoms with Gasteiger partial charge in [0.1, 0.15) is 22.5 Å². The Kier molecular flexibility index (Phi) is 7.49. The van der Waals surface area contributed by atoms with E-state index in [1.165, 1.54) is 10.6 Å². The Morgan fingerprint density at radius 3 is 2.59 bits per heavy atom. The van der Waals surface area contributed by atoms with Gasteiger partial charge in [-0.1, -0.05) is 11.6 Å². The van der Waals surface area contributed by atoms with Crippen LogP contribution < -0.4 is 10.9 Å². The van der Waals surface area contributed by atoms with E-state index in [0.29, 0.717) is 47.6 Å². The van der Waals surface area contributed by atoms with Crippen molar-refractivity contribution in [1.82, 2.24) is 19.5 Å². The van der Waals surface area contributed by atoms with Gasteiger partial charge in [-0.15, -0.1) is 0 Å². The molecule has 4 aromatic rings. The van der Waals surface area contributed by atoms with Gasteiger partial charge in [0.15, 0.2) is 0 Å². The van der Waals surface area contributed by atoms with E-state index < -0.39 is 23.1 Å². The van der Waals surface area contributed by atoms with Gasteiger partial charge in [-0.2, -0.15) is 0 Å². The van der Waals surface area contributed by atoms with Crippen LogP contribution in [-0.2, 0) is 4.74 Å². The molecule has 1 fully saturated rings. The third-order valence-corrected chi connectivity index (χ3v) is 6.96. The molecule has 0 spiro atoms. The highest BCUT2D eigenvalue weighted by molar-refractivity contribution is 6.34. The smallest absolute Gasteiger partial charge is 0.274 e. The molecule has 1 saturated heterocycles. The molecule has 11 heteroatoms. The van der Waals surface area contributed by atoms with Crippen LogP contribution in [0.1, 0.15) is 46.2 Å². The largest absolute Gasteiger partial charge is 0.381 e. The fraction of sp³-hybridized carbons (Fsp3) is 0.250. The summed E-state index contributed by atoms with van der Waals surface area (Å²) in [6.45, 7) is 4.79. The lowest BCUT2D eigenvalue weighted by atomic mass is 9.99. The molecule has 0 aliphatic carbocycles. The molecule has 1 N–H and O–H groups in total. The fourth-order valence-corrected chi connectivity index (χ4v) is 4.74. The van der Waals surface area contributed by atoms with Crippen LogP contribution in [0.4, 0.5) is 14.5 Å². The first-order valence-corrected chi connectivity index (χ1v) is 12.7. The zero-order valence-corrected chi connectivity index (χ0v) is 21.9. The molecule has 0 bridgehead atoms. The van der Waals surface area contributed by atoms with E-state index >= 15 is 0 Å². The molecule has 1 aliphatic heterocycles. The Labute approximate surface area is 227 Å². The van der Waals surface area contributed by atoms with Crippen molar-refractivity contribution in [3.8, 4) is 17.1 Å². The summed E-state index contributed by atoms with van der Waals surface area (Å²) in [5.74, 6) is -1.60. The predicted octanol–water partition coefficient (Wildman–Crippen LogP) is 5.38. The standard InChI is InChI=1S/C28H24ClF2N5O3/c1-15-14-33-23(22-5-8-32-26(34-22)17-6-9-39-10-7-17)13-24(15)36-16(2)11-19(25(29)28(36)38)27(37)35-21-4-3-18(30)12-20(21)31/h3-5,8,11-14,17H,6-7,9-10H2,1-2H3,(H,35,37). The lowest BCUT2D eigenvalue weighted by molar-refractivity contribution is 0.0836. The second-order valence-corrected chi connectivity index (χ2v) is 9.65. The van der Waals surface area contributed by atoms with Crippen molar-refractivity contribution in [3.05, 3.63) is 98.4 Å². The van der Waals surface area contributed by atoms with Gasteiger partial charge in [-0.3, -0.25) is 19.1 Å². The number of anilines is 1. The maximum Gasteiger partial charge on any atom is 0.274 e. The van der Waals surface area contributed by atoms with E-state index in [-0.39, 0.29) is 22.2 Å². The number of pyridine rings is 2. The molecular formula is C28H24ClF2N5O3. The summed E-state index contributed by atoms with van der Waals surface area (Å²) in [5.41, 5.74) is 1.79. The molecule has 0 atom stereocenters. The topological polar surface area (TPSA) is 99.0 Å². The first-order chi connectivity index (χ1) is 18.7. The van der Waals surface area contributed by atoms with Crippen molar-refractivity contribution in [2.24, 2.45) is 0 Å². The van der Waals surface area contributed by atoms with E-state index in [4.69, 9.17) is 21.3 Å². The highest BCUT2D eigenvalue weighted by Crippen LogP contribution is 2.27. The third kappa shape index (κ3) is 5.43. The van der Waals surface area contributed by atoms with Crippen molar-refractivity contribution in [2.75, 3.05) is 18.5 Å². The van der Waals surface area contributed by atoms with Gasteiger partial charge in [0.2, 0.25) is 0 Å². The maximum absolute atomic E-state index is 14.0. The number of carbonyl (C=O) groups excluding carboxylic acids is 1. The molecule has 8 nitrogen and oxygen atoms in total. The van der Waals surface area contributed by atoms with Crippen LogP contribution in [0.2, 0.25) is 5.02 Å². The number of benzene rings is 1. The van der Waals surface area contributed by atoms with E-state index in [0.717, 1.165) is 30.8 Å². The summed E-state index contributed by atoms with van der Waals surface area (Å²) >= 11 is 6.37. The average molecular weight is 552 g/mol. The van der Waals surface area contributed by atoms with Crippen LogP contribution in [0.5, 0.6) is 0 Å². The number of nitrogens with zero attached hydrogens (tertiary/aromatic N) is 4. The predicted molar refractivity (Wildman–Crippen MR) is 142 cm³/mol. The van der Waals surface area contributed by atoms with Crippen LogP contribution in [0, 0.1) is 25.5 Å². The van der Waals surface area contributed by atoms with Gasteiger partial charge in [-0.25, -0.2) is 18.7 Å². The molecule has 0 saturated carbocycles. The normalized spacial score (nSPS) is 13.9. The van der Waals surface area contributed by atoms with Crippen LogP contribution in [0.15, 0.2) is 53.6 Å². The summed E-state index contributed by atoms with van der Waals surface area (Å²) in [4.78, 5) is 40.0. The minimum Gasteiger partial charge on any atom is -0.381 e. The van der Waals surface area contributed by atoms with E-state index in [1.54, 1.807) is 38.4 Å². The molecule has 3 aromatic heterocycles. The fourth-order valence-electron chi connectivity index (χ4n) is 4.52. The first-order valence-electron chi connectivity index (χ1n) is 12.3. The number of halogens is 3. The average Bonchev–Trinajstić information content (AvgIpc) is 2.94. The number of aryl methyl sites for hydroxylation is 2. The highest BCUT2D eigenvalue weighted by Gasteiger charge is 2.22. The number of nitrogens with one attached hydrogen (secondary N) is 1. The van der Waals surface area contributed by atoms with E-state index in [1.807, 2.05) is 0 Å². The molecule has 39 heavy (non-hydrogen) atoms. The monoisotopic (exact) mass is 551 g/mol. The zero-order valence-electron chi connectivity index (χ0n) is 21.2. The second-order valence-electron chi connectivity index (χ2n) is 9.27. The molecule has 200 valence electrons. The van der Waals surface area contributed by atoms with E-state index in [2.05, 4.69) is 15.3 Å². The SMILES string of the molecule is Cc1cnc(-c2ccnc(C3CCOCC3)n2)cc1-n1c(C)cc(C(=O)Nc2ccc(F)cc2F)c(Cl)c1=O. The first kappa shape index (κ1) is 26.6. The number of hydrogen-bond donors (Lipinski definition) is 1. The van der Waals surface area contributed by atoms with Crippen LogP contribution in [0.3, 0.4) is 0 Å². The van der Waals surface area contributed by atoms with Gasteiger partial charge in [0.25, 0.3) is 11.5 Å². The summed E-state index contributed by atoms with van der Waals surface area (Å²) in [6, 6.07) is 7.69. The summed E-state index contributed by atoms with van der Waals surface area (Å²) in [6.07, 6.45) is 5.02. The molecular weight excluding hydrogens is 528 g/mol. The highest BCUT2D eigenvalue weighted by atomic mass is 35.5. The van der Waals surface area contributed by atoms with Crippen LogP contribution in [-0.4, -0.2) is 38.6 Å². The lowest BCUT2D eigenvalue weighted by Crippen LogP contribution is -2.26. The number of carbonyl (C=O) groups is 1. The quantitative estimate of drug-likeness (QED) is 0.357. The zero-order chi connectivity index (χ0) is 27.7. The summed E-state index contributed by atoms with van der Waals surface area (Å²) in [5, 5.41) is 1.99. The molecule has 1 aliphatic rings. The Morgan fingerprint density at radius 2 is 1.85 bits per heavy atom. The van der Waals surface area contributed by atoms with Gasteiger partial charge in [-0.05, 0) is 62.6 Å². The number of aromatic nitrogens is 4. The van der Waals surface area contributed by atoms with Gasteiger partial charge >= 0.3 is 0 Å². The Morgan fingerprint density at radius 1 is 1.08 bits per heavy atom. The number of ether oxygens (including phenoxy) is 1. The summed E-state index contributed by atoms with van der Waals surface area (Å²) < 4.78 is 34.1. The molecule has 4 heterocycles. The number of hydrogen-bond acceptors (Lipinski definition) is 6. The molecule has 0 unspecified atom stereocenters. The number of rotatable bonds is 5. The Balaban J connectivity index is 1.50. The minimum absolute atomic E-state index is 0.136. The number of amides is 1. The Bertz CT molecular complexity index is 1640. The minimum atomic E-state index is -0.950. The summed E-state index contributed by atoms with van der Waals surface area (Å²) in [7, 11) is 0. The van der Waals surface area contributed by atoms with Gasteiger partial charge in [0.05, 0.1) is 28.3 Å². The van der Waals surface area contributed by atoms with Gasteiger partial charge in [0, 0.05) is 43.3 Å². The third-order valence-electron chi connectivity index (χ3n) is 6.60. The van der Waals surface area contributed by atoms with Crippen molar-refractivity contribution in [3.63, 3.8) is 0 Å². The molecule has 5 rings (SSSR count). The Hall–Kier alpha value is -4.02. The second kappa shape index (κ2) is 11.0.